The second-order valence-electron chi connectivity index (χ2n) is 6.29. The van der Waals surface area contributed by atoms with Crippen LogP contribution in [0.15, 0.2) is 15.7 Å². The van der Waals surface area contributed by atoms with Crippen molar-refractivity contribution in [3.8, 4) is 0 Å². The summed E-state index contributed by atoms with van der Waals surface area (Å²) in [4.78, 5) is 40.6. The van der Waals surface area contributed by atoms with Crippen molar-refractivity contribution in [3.05, 3.63) is 31.8 Å². The van der Waals surface area contributed by atoms with Gasteiger partial charge in [-0.2, -0.15) is 0 Å². The second-order valence-corrected chi connectivity index (χ2v) is 7.55. The lowest BCUT2D eigenvalue weighted by Gasteiger charge is -2.25. The van der Waals surface area contributed by atoms with Crippen LogP contribution in [0.1, 0.15) is 37.5 Å². The van der Waals surface area contributed by atoms with E-state index < -0.39 is 17.2 Å². The minimum Gasteiger partial charge on any atom is -0.461 e. The van der Waals surface area contributed by atoms with Gasteiger partial charge >= 0.3 is 11.7 Å². The van der Waals surface area contributed by atoms with Gasteiger partial charge in [-0.15, -0.1) is 11.3 Å². The smallest absolute Gasteiger partial charge is 0.329 e. The number of hydrogen-bond donors (Lipinski definition) is 1. The summed E-state index contributed by atoms with van der Waals surface area (Å²) in [7, 11) is 0. The van der Waals surface area contributed by atoms with Gasteiger partial charge in [0.25, 0.3) is 5.56 Å². The summed E-state index contributed by atoms with van der Waals surface area (Å²) in [6.45, 7) is 3.71. The van der Waals surface area contributed by atoms with E-state index in [1.165, 1.54) is 11.3 Å². The number of nitrogens with zero attached hydrogens (tertiary/aromatic N) is 1. The SMILES string of the molecule is Cc1cc2c(=O)n(CC(=O)OC3CCC(C)CC3)c(=O)[nH]c2s1. The fourth-order valence-electron chi connectivity index (χ4n) is 3.01. The first-order valence-corrected chi connectivity index (χ1v) is 8.68. The van der Waals surface area contributed by atoms with Gasteiger partial charge in [0.15, 0.2) is 0 Å². The first kappa shape index (κ1) is 16.0. The van der Waals surface area contributed by atoms with Gasteiger partial charge in [0, 0.05) is 4.88 Å². The zero-order valence-corrected chi connectivity index (χ0v) is 14.1. The molecule has 23 heavy (non-hydrogen) atoms. The van der Waals surface area contributed by atoms with Crippen LogP contribution in [0.4, 0.5) is 0 Å². The Balaban J connectivity index is 1.77. The Labute approximate surface area is 137 Å². The van der Waals surface area contributed by atoms with Crippen molar-refractivity contribution in [2.24, 2.45) is 5.92 Å². The van der Waals surface area contributed by atoms with E-state index in [0.29, 0.717) is 16.1 Å². The van der Waals surface area contributed by atoms with E-state index in [0.717, 1.165) is 35.1 Å². The van der Waals surface area contributed by atoms with Crippen LogP contribution in [0.25, 0.3) is 10.2 Å². The molecule has 1 N–H and O–H groups in total. The monoisotopic (exact) mass is 336 g/mol. The zero-order valence-electron chi connectivity index (χ0n) is 13.3. The standard InChI is InChI=1S/C16H20N2O4S/c1-9-3-5-11(6-4-9)22-13(19)8-18-15(20)12-7-10(2)23-14(12)17-16(18)21/h7,9,11H,3-6,8H2,1-2H3,(H,17,21). The van der Waals surface area contributed by atoms with Crippen molar-refractivity contribution in [1.29, 1.82) is 0 Å². The molecule has 3 rings (SSSR count). The minimum absolute atomic E-state index is 0.0967. The van der Waals surface area contributed by atoms with Gasteiger partial charge in [-0.25, -0.2) is 9.36 Å². The molecule has 1 fully saturated rings. The molecular weight excluding hydrogens is 316 g/mol. The summed E-state index contributed by atoms with van der Waals surface area (Å²) >= 11 is 1.35. The third-order valence-electron chi connectivity index (χ3n) is 4.34. The van der Waals surface area contributed by atoms with Crippen molar-refractivity contribution >= 4 is 27.5 Å². The van der Waals surface area contributed by atoms with Crippen LogP contribution in [-0.2, 0) is 16.1 Å². The average molecular weight is 336 g/mol. The summed E-state index contributed by atoms with van der Waals surface area (Å²) in [6.07, 6.45) is 3.68. The normalized spacial score (nSPS) is 21.5. The topological polar surface area (TPSA) is 81.2 Å². The molecule has 1 aliphatic carbocycles. The molecule has 0 unspecified atom stereocenters. The van der Waals surface area contributed by atoms with Gasteiger partial charge in [-0.05, 0) is 44.6 Å². The number of H-pyrrole nitrogens is 1. The lowest BCUT2D eigenvalue weighted by molar-refractivity contribution is -0.151. The van der Waals surface area contributed by atoms with Gasteiger partial charge in [0.2, 0.25) is 0 Å². The molecule has 6 nitrogen and oxygen atoms in total. The van der Waals surface area contributed by atoms with Gasteiger partial charge in [-0.3, -0.25) is 14.6 Å². The fourth-order valence-corrected chi connectivity index (χ4v) is 3.90. The van der Waals surface area contributed by atoms with Crippen LogP contribution in [0.2, 0.25) is 0 Å². The summed E-state index contributed by atoms with van der Waals surface area (Å²) in [5, 5.41) is 0.436. The molecule has 2 aromatic heterocycles. The highest BCUT2D eigenvalue weighted by Gasteiger charge is 2.22. The molecule has 0 radical (unpaired) electrons. The van der Waals surface area contributed by atoms with Gasteiger partial charge in [-0.1, -0.05) is 6.92 Å². The lowest BCUT2D eigenvalue weighted by Crippen LogP contribution is -2.38. The van der Waals surface area contributed by atoms with Crippen LogP contribution in [0, 0.1) is 12.8 Å². The largest absolute Gasteiger partial charge is 0.461 e. The predicted octanol–water partition coefficient (Wildman–Crippen LogP) is 2.18. The molecule has 0 bridgehead atoms. The first-order valence-electron chi connectivity index (χ1n) is 7.87. The Kier molecular flexibility index (Phi) is 4.39. The molecule has 2 aromatic rings. The highest BCUT2D eigenvalue weighted by atomic mass is 32.1. The summed E-state index contributed by atoms with van der Waals surface area (Å²) in [5.74, 6) is 0.142. The van der Waals surface area contributed by atoms with Crippen LogP contribution in [-0.4, -0.2) is 21.6 Å². The van der Waals surface area contributed by atoms with E-state index in [-0.39, 0.29) is 12.6 Å². The van der Waals surface area contributed by atoms with Gasteiger partial charge < -0.3 is 4.74 Å². The zero-order chi connectivity index (χ0) is 16.6. The molecule has 1 saturated carbocycles. The Morgan fingerprint density at radius 3 is 2.74 bits per heavy atom. The summed E-state index contributed by atoms with van der Waals surface area (Å²) in [5.41, 5.74) is -1.01. The molecule has 0 amide bonds. The fraction of sp³-hybridized carbons (Fsp3) is 0.562. The molecule has 0 aromatic carbocycles. The molecule has 1 aliphatic rings. The van der Waals surface area contributed by atoms with E-state index in [9.17, 15) is 14.4 Å². The van der Waals surface area contributed by atoms with Gasteiger partial charge in [0.1, 0.15) is 17.5 Å². The number of nitrogens with one attached hydrogen (secondary N) is 1. The number of carbonyl (C=O) groups is 1. The van der Waals surface area contributed by atoms with E-state index in [1.807, 2.05) is 6.92 Å². The Bertz CT molecular complexity index is 840. The predicted molar refractivity (Wildman–Crippen MR) is 89.0 cm³/mol. The Hall–Kier alpha value is -1.89. The Morgan fingerprint density at radius 1 is 1.35 bits per heavy atom. The van der Waals surface area contributed by atoms with Gasteiger partial charge in [0.05, 0.1) is 5.39 Å². The first-order chi connectivity index (χ1) is 10.9. The molecule has 7 heteroatoms. The van der Waals surface area contributed by atoms with E-state index in [1.54, 1.807) is 6.07 Å². The van der Waals surface area contributed by atoms with Crippen molar-refractivity contribution in [1.82, 2.24) is 9.55 Å². The maximum Gasteiger partial charge on any atom is 0.329 e. The van der Waals surface area contributed by atoms with Crippen LogP contribution < -0.4 is 11.2 Å². The number of aromatic nitrogens is 2. The molecule has 0 spiro atoms. The van der Waals surface area contributed by atoms with Crippen LogP contribution in [0.3, 0.4) is 0 Å². The number of aryl methyl sites for hydroxylation is 1. The number of rotatable bonds is 3. The Morgan fingerprint density at radius 2 is 2.04 bits per heavy atom. The molecule has 0 saturated heterocycles. The van der Waals surface area contributed by atoms with Crippen molar-refractivity contribution in [2.45, 2.75) is 52.2 Å². The maximum atomic E-state index is 12.4. The quantitative estimate of drug-likeness (QED) is 0.871. The summed E-state index contributed by atoms with van der Waals surface area (Å²) in [6, 6.07) is 1.72. The third-order valence-corrected chi connectivity index (χ3v) is 5.31. The summed E-state index contributed by atoms with van der Waals surface area (Å²) < 4.78 is 6.34. The maximum absolute atomic E-state index is 12.4. The number of aromatic amines is 1. The number of esters is 1. The van der Waals surface area contributed by atoms with E-state index in [4.69, 9.17) is 4.74 Å². The van der Waals surface area contributed by atoms with Crippen molar-refractivity contribution in [3.63, 3.8) is 0 Å². The third kappa shape index (κ3) is 3.39. The highest BCUT2D eigenvalue weighted by molar-refractivity contribution is 7.18. The van der Waals surface area contributed by atoms with Crippen molar-refractivity contribution < 1.29 is 9.53 Å². The highest BCUT2D eigenvalue weighted by Crippen LogP contribution is 2.25. The molecule has 0 atom stereocenters. The van der Waals surface area contributed by atoms with Crippen LogP contribution >= 0.6 is 11.3 Å². The van der Waals surface area contributed by atoms with Crippen LogP contribution in [0.5, 0.6) is 0 Å². The number of hydrogen-bond acceptors (Lipinski definition) is 5. The molecule has 2 heterocycles. The minimum atomic E-state index is -0.571. The number of fused-ring (bicyclic) bond motifs is 1. The molecule has 124 valence electrons. The average Bonchev–Trinajstić information content (AvgIpc) is 2.86. The molecular formula is C16H20N2O4S. The lowest BCUT2D eigenvalue weighted by atomic mass is 9.89. The number of carbonyl (C=O) groups excluding carboxylic acids is 1. The number of thiophene rings is 1. The number of ether oxygens (including phenoxy) is 1. The molecule has 0 aliphatic heterocycles. The van der Waals surface area contributed by atoms with E-state index in [2.05, 4.69) is 11.9 Å². The second kappa shape index (κ2) is 6.31. The van der Waals surface area contributed by atoms with Crippen molar-refractivity contribution in [2.75, 3.05) is 0 Å². The van der Waals surface area contributed by atoms with E-state index >= 15 is 0 Å².